The van der Waals surface area contributed by atoms with E-state index in [2.05, 4.69) is 17.3 Å². The van der Waals surface area contributed by atoms with Gasteiger partial charge in [-0.3, -0.25) is 9.59 Å². The van der Waals surface area contributed by atoms with E-state index in [1.165, 1.54) is 0 Å². The lowest BCUT2D eigenvalue weighted by molar-refractivity contribution is -0.144. The Morgan fingerprint density at radius 2 is 1.91 bits per heavy atom. The minimum absolute atomic E-state index is 0.110. The fourth-order valence-electron chi connectivity index (χ4n) is 2.55. The van der Waals surface area contributed by atoms with E-state index in [1.54, 1.807) is 36.2 Å². The molecule has 2 rings (SSSR count). The van der Waals surface area contributed by atoms with Crippen molar-refractivity contribution in [3.8, 4) is 5.40 Å². The number of hydrogen-bond donors (Lipinski definition) is 1. The molecule has 0 unspecified atom stereocenters. The van der Waals surface area contributed by atoms with Crippen molar-refractivity contribution in [2.24, 2.45) is 0 Å². The molecule has 7 heteroatoms. The number of nitrogens with zero attached hydrogens (tertiary/aromatic N) is 3. The fraction of sp³-hybridized carbons (Fsp3) is 0.438. The summed E-state index contributed by atoms with van der Waals surface area (Å²) in [6, 6.07) is 6.93. The number of likely N-dealkylation sites (tertiary alicyclic amines) is 1. The highest BCUT2D eigenvalue weighted by Crippen LogP contribution is 2.19. The number of benzene rings is 1. The second kappa shape index (κ2) is 7.99. The second-order valence-electron chi connectivity index (χ2n) is 5.62. The summed E-state index contributed by atoms with van der Waals surface area (Å²) in [7, 11) is 3.74. The molecule has 1 N–H and O–H groups in total. The third kappa shape index (κ3) is 4.71. The summed E-state index contributed by atoms with van der Waals surface area (Å²) in [5, 5.41) is 13.2. The van der Waals surface area contributed by atoms with Gasteiger partial charge in [-0.15, -0.1) is 0 Å². The van der Waals surface area contributed by atoms with Crippen molar-refractivity contribution in [1.82, 2.24) is 9.80 Å². The van der Waals surface area contributed by atoms with Crippen molar-refractivity contribution < 1.29 is 9.59 Å². The van der Waals surface area contributed by atoms with Crippen LogP contribution >= 0.6 is 11.8 Å². The fourth-order valence-corrected chi connectivity index (χ4v) is 2.93. The van der Waals surface area contributed by atoms with Crippen LogP contribution in [0.4, 0.5) is 5.69 Å². The number of nitrogens with one attached hydrogen (secondary N) is 1. The van der Waals surface area contributed by atoms with Crippen LogP contribution in [0.5, 0.6) is 0 Å². The number of thiocyanates is 1. The third-order valence-corrected chi connectivity index (χ3v) is 4.63. The molecule has 1 fully saturated rings. The SMILES string of the molecule is CN1CCC(N(C)C(=O)C(=O)Nc2ccc(SC#N)cc2)CC1. The van der Waals surface area contributed by atoms with E-state index < -0.39 is 11.8 Å². The molecule has 0 saturated carbocycles. The minimum atomic E-state index is -0.632. The zero-order valence-electron chi connectivity index (χ0n) is 13.3. The molecule has 1 aliphatic heterocycles. The molecule has 122 valence electrons. The third-order valence-electron chi connectivity index (χ3n) is 4.03. The second-order valence-corrected chi connectivity index (χ2v) is 6.48. The van der Waals surface area contributed by atoms with Gasteiger partial charge in [-0.05, 0) is 69.0 Å². The monoisotopic (exact) mass is 332 g/mol. The van der Waals surface area contributed by atoms with Crippen LogP contribution in [0, 0.1) is 10.7 Å². The highest BCUT2D eigenvalue weighted by molar-refractivity contribution is 8.03. The number of nitriles is 1. The van der Waals surface area contributed by atoms with E-state index in [1.807, 2.05) is 5.40 Å². The maximum absolute atomic E-state index is 12.3. The van der Waals surface area contributed by atoms with Gasteiger partial charge in [-0.2, -0.15) is 5.26 Å². The summed E-state index contributed by atoms with van der Waals surface area (Å²) in [6.07, 6.45) is 1.76. The molecular weight excluding hydrogens is 312 g/mol. The predicted molar refractivity (Wildman–Crippen MR) is 89.8 cm³/mol. The van der Waals surface area contributed by atoms with Gasteiger partial charge in [-0.1, -0.05) is 0 Å². The summed E-state index contributed by atoms with van der Waals surface area (Å²) in [5.74, 6) is -1.15. The molecule has 1 aliphatic rings. The first-order valence-corrected chi connectivity index (χ1v) is 8.25. The van der Waals surface area contributed by atoms with Crippen molar-refractivity contribution in [2.45, 2.75) is 23.8 Å². The Bertz CT molecular complexity index is 604. The van der Waals surface area contributed by atoms with Gasteiger partial charge in [0.2, 0.25) is 0 Å². The summed E-state index contributed by atoms with van der Waals surface area (Å²) in [6.45, 7) is 1.86. The summed E-state index contributed by atoms with van der Waals surface area (Å²) >= 11 is 1.05. The van der Waals surface area contributed by atoms with Crippen LogP contribution in [0.2, 0.25) is 0 Å². The van der Waals surface area contributed by atoms with E-state index in [9.17, 15) is 9.59 Å². The van der Waals surface area contributed by atoms with E-state index >= 15 is 0 Å². The summed E-state index contributed by atoms with van der Waals surface area (Å²) in [5.41, 5.74) is 0.544. The first-order valence-electron chi connectivity index (χ1n) is 7.44. The van der Waals surface area contributed by atoms with Crippen LogP contribution < -0.4 is 5.32 Å². The van der Waals surface area contributed by atoms with Crippen molar-refractivity contribution >= 4 is 29.3 Å². The molecule has 0 aromatic heterocycles. The zero-order valence-corrected chi connectivity index (χ0v) is 14.1. The topological polar surface area (TPSA) is 76.4 Å². The van der Waals surface area contributed by atoms with Crippen LogP contribution in [-0.2, 0) is 9.59 Å². The average molecular weight is 332 g/mol. The number of piperidine rings is 1. The van der Waals surface area contributed by atoms with E-state index in [4.69, 9.17) is 5.26 Å². The highest BCUT2D eigenvalue weighted by atomic mass is 32.2. The van der Waals surface area contributed by atoms with Crippen LogP contribution in [0.1, 0.15) is 12.8 Å². The molecule has 1 aromatic rings. The molecule has 0 atom stereocenters. The first-order chi connectivity index (χ1) is 11.0. The molecule has 1 aromatic carbocycles. The Morgan fingerprint density at radius 3 is 2.48 bits per heavy atom. The van der Waals surface area contributed by atoms with E-state index in [-0.39, 0.29) is 6.04 Å². The number of hydrogen-bond acceptors (Lipinski definition) is 5. The normalized spacial score (nSPS) is 15.7. The number of carbonyl (C=O) groups excluding carboxylic acids is 2. The molecule has 1 heterocycles. The minimum Gasteiger partial charge on any atom is -0.334 e. The molecule has 23 heavy (non-hydrogen) atoms. The molecule has 6 nitrogen and oxygen atoms in total. The molecule has 2 amide bonds. The Balaban J connectivity index is 1.91. The van der Waals surface area contributed by atoms with Crippen LogP contribution in [0.25, 0.3) is 0 Å². The van der Waals surface area contributed by atoms with Gasteiger partial charge in [-0.25, -0.2) is 0 Å². The largest absolute Gasteiger partial charge is 0.334 e. The molecule has 0 spiro atoms. The van der Waals surface area contributed by atoms with E-state index in [0.29, 0.717) is 5.69 Å². The van der Waals surface area contributed by atoms with Gasteiger partial charge in [0.25, 0.3) is 0 Å². The number of thioether (sulfide) groups is 1. The van der Waals surface area contributed by atoms with Crippen molar-refractivity contribution in [2.75, 3.05) is 32.5 Å². The van der Waals surface area contributed by atoms with Gasteiger partial charge in [0.1, 0.15) is 5.40 Å². The lowest BCUT2D eigenvalue weighted by Gasteiger charge is -2.34. The number of carbonyl (C=O) groups is 2. The van der Waals surface area contributed by atoms with Crippen LogP contribution in [0.3, 0.4) is 0 Å². The van der Waals surface area contributed by atoms with Crippen molar-refractivity contribution in [3.63, 3.8) is 0 Å². The first kappa shape index (κ1) is 17.3. The van der Waals surface area contributed by atoms with Crippen molar-refractivity contribution in [3.05, 3.63) is 24.3 Å². The molecule has 0 aliphatic carbocycles. The molecule has 0 radical (unpaired) electrons. The van der Waals surface area contributed by atoms with Crippen molar-refractivity contribution in [1.29, 1.82) is 5.26 Å². The average Bonchev–Trinajstić information content (AvgIpc) is 2.56. The standard InChI is InChI=1S/C16H20N4O2S/c1-19-9-7-13(8-10-19)20(2)16(22)15(21)18-12-3-5-14(6-4-12)23-11-17/h3-6,13H,7-10H2,1-2H3,(H,18,21). The van der Waals surface area contributed by atoms with Gasteiger partial charge < -0.3 is 15.1 Å². The molecule has 1 saturated heterocycles. The number of anilines is 1. The number of amides is 2. The van der Waals surface area contributed by atoms with Crippen LogP contribution in [0.15, 0.2) is 29.2 Å². The zero-order chi connectivity index (χ0) is 16.8. The maximum Gasteiger partial charge on any atom is 0.313 e. The Morgan fingerprint density at radius 1 is 1.30 bits per heavy atom. The Labute approximate surface area is 140 Å². The highest BCUT2D eigenvalue weighted by Gasteiger charge is 2.27. The molecular formula is C16H20N4O2S. The number of rotatable bonds is 3. The number of likely N-dealkylation sites (N-methyl/N-ethyl adjacent to an activating group) is 1. The van der Waals surface area contributed by atoms with Crippen LogP contribution in [-0.4, -0.2) is 54.8 Å². The van der Waals surface area contributed by atoms with Gasteiger partial charge in [0, 0.05) is 23.7 Å². The summed E-state index contributed by atoms with van der Waals surface area (Å²) < 4.78 is 0. The van der Waals surface area contributed by atoms with Gasteiger partial charge in [0.15, 0.2) is 0 Å². The lowest BCUT2D eigenvalue weighted by Crippen LogP contribution is -2.47. The van der Waals surface area contributed by atoms with Gasteiger partial charge >= 0.3 is 11.8 Å². The smallest absolute Gasteiger partial charge is 0.313 e. The summed E-state index contributed by atoms with van der Waals surface area (Å²) in [4.78, 5) is 28.9. The lowest BCUT2D eigenvalue weighted by atomic mass is 10.0. The predicted octanol–water partition coefficient (Wildman–Crippen LogP) is 1.75. The Hall–Kier alpha value is -2.04. The molecule has 0 bridgehead atoms. The Kier molecular flexibility index (Phi) is 6.02. The van der Waals surface area contributed by atoms with Gasteiger partial charge in [0.05, 0.1) is 0 Å². The maximum atomic E-state index is 12.3. The quantitative estimate of drug-likeness (QED) is 0.518. The van der Waals surface area contributed by atoms with E-state index in [0.717, 1.165) is 42.6 Å².